The molecule has 0 heterocycles. The Kier molecular flexibility index (Phi) is 5.47. The van der Waals surface area contributed by atoms with Crippen LogP contribution in [0.25, 0.3) is 0 Å². The molecule has 0 aliphatic rings. The summed E-state index contributed by atoms with van der Waals surface area (Å²) in [5.74, 6) is -2.56. The van der Waals surface area contributed by atoms with E-state index in [1.807, 2.05) is 0 Å². The van der Waals surface area contributed by atoms with Gasteiger partial charge in [0.2, 0.25) is 6.41 Å². The van der Waals surface area contributed by atoms with Crippen LogP contribution in [0.3, 0.4) is 0 Å². The van der Waals surface area contributed by atoms with Crippen molar-refractivity contribution in [3.05, 3.63) is 59.7 Å². The van der Waals surface area contributed by atoms with E-state index in [9.17, 15) is 18.4 Å². The van der Waals surface area contributed by atoms with Crippen LogP contribution in [0.2, 0.25) is 0 Å². The summed E-state index contributed by atoms with van der Waals surface area (Å²) in [5, 5.41) is 9.00. The van der Waals surface area contributed by atoms with Crippen LogP contribution >= 0.6 is 0 Å². The summed E-state index contributed by atoms with van der Waals surface area (Å²) in [4.78, 5) is 25.1. The fourth-order valence-electron chi connectivity index (χ4n) is 2.21. The third-order valence-electron chi connectivity index (χ3n) is 3.52. The largest absolute Gasteiger partial charge is 0.478 e. The highest BCUT2D eigenvalue weighted by molar-refractivity contribution is 5.88. The summed E-state index contributed by atoms with van der Waals surface area (Å²) >= 11 is 0. The number of anilines is 2. The van der Waals surface area contributed by atoms with E-state index in [1.54, 1.807) is 24.1 Å². The summed E-state index contributed by atoms with van der Waals surface area (Å²) < 4.78 is 26.5. The van der Waals surface area contributed by atoms with Gasteiger partial charge in [-0.2, -0.15) is 0 Å². The van der Waals surface area contributed by atoms with E-state index < -0.39 is 17.6 Å². The molecule has 2 aromatic carbocycles. The van der Waals surface area contributed by atoms with Gasteiger partial charge >= 0.3 is 5.97 Å². The van der Waals surface area contributed by atoms with Gasteiger partial charge in [-0.3, -0.25) is 4.79 Å². The number of rotatable bonds is 7. The Labute approximate surface area is 137 Å². The molecule has 5 nitrogen and oxygen atoms in total. The second kappa shape index (κ2) is 7.54. The van der Waals surface area contributed by atoms with Gasteiger partial charge < -0.3 is 14.9 Å². The SMILES string of the molecule is CN(CCN(C=O)c1cc(F)cc(F)c1)c1cccc(C(=O)O)c1. The van der Waals surface area contributed by atoms with Crippen LogP contribution in [0.4, 0.5) is 20.2 Å². The number of halogens is 2. The van der Waals surface area contributed by atoms with Crippen molar-refractivity contribution in [3.8, 4) is 0 Å². The maximum Gasteiger partial charge on any atom is 0.335 e. The summed E-state index contributed by atoms with van der Waals surface area (Å²) in [7, 11) is 1.73. The highest BCUT2D eigenvalue weighted by atomic mass is 19.1. The van der Waals surface area contributed by atoms with Crippen LogP contribution < -0.4 is 9.80 Å². The molecule has 0 fully saturated rings. The Balaban J connectivity index is 2.08. The second-order valence-electron chi connectivity index (χ2n) is 5.20. The predicted octanol–water partition coefficient (Wildman–Crippen LogP) is 2.76. The quantitative estimate of drug-likeness (QED) is 0.791. The molecule has 0 spiro atoms. The Morgan fingerprint density at radius 3 is 2.33 bits per heavy atom. The first-order chi connectivity index (χ1) is 11.4. The number of hydrogen-bond donors (Lipinski definition) is 1. The van der Waals surface area contributed by atoms with Crippen molar-refractivity contribution in [3.63, 3.8) is 0 Å². The lowest BCUT2D eigenvalue weighted by molar-refractivity contribution is -0.107. The summed E-state index contributed by atoms with van der Waals surface area (Å²) in [6, 6.07) is 9.22. The molecule has 0 aromatic heterocycles. The number of hydrogen-bond acceptors (Lipinski definition) is 3. The maximum atomic E-state index is 13.3. The fraction of sp³-hybridized carbons (Fsp3) is 0.176. The minimum absolute atomic E-state index is 0.121. The van der Waals surface area contributed by atoms with Gasteiger partial charge in [0.1, 0.15) is 11.6 Å². The number of carboxylic acid groups (broad SMARTS) is 1. The molecule has 1 N–H and O–H groups in total. The molecule has 0 saturated carbocycles. The molecule has 1 amide bonds. The van der Waals surface area contributed by atoms with Gasteiger partial charge in [-0.05, 0) is 30.3 Å². The van der Waals surface area contributed by atoms with Crippen molar-refractivity contribution in [2.75, 3.05) is 29.9 Å². The topological polar surface area (TPSA) is 60.9 Å². The van der Waals surface area contributed by atoms with Crippen LogP contribution in [0.5, 0.6) is 0 Å². The van der Waals surface area contributed by atoms with Crippen LogP contribution in [-0.4, -0.2) is 37.6 Å². The normalized spacial score (nSPS) is 10.3. The van der Waals surface area contributed by atoms with E-state index in [1.165, 1.54) is 17.0 Å². The molecule has 0 radical (unpaired) electrons. The zero-order valence-electron chi connectivity index (χ0n) is 12.9. The van der Waals surface area contributed by atoms with Gasteiger partial charge in [0, 0.05) is 37.6 Å². The molecular weight excluding hydrogens is 318 g/mol. The lowest BCUT2D eigenvalue weighted by Gasteiger charge is -2.24. The number of carboxylic acids is 1. The third-order valence-corrected chi connectivity index (χ3v) is 3.52. The first-order valence-corrected chi connectivity index (χ1v) is 7.13. The number of benzene rings is 2. The van der Waals surface area contributed by atoms with Crippen molar-refractivity contribution in [1.82, 2.24) is 0 Å². The average Bonchev–Trinajstić information content (AvgIpc) is 2.54. The lowest BCUT2D eigenvalue weighted by Crippen LogP contribution is -2.32. The Hall–Kier alpha value is -2.96. The second-order valence-corrected chi connectivity index (χ2v) is 5.20. The van der Waals surface area contributed by atoms with Gasteiger partial charge in [0.25, 0.3) is 0 Å². The van der Waals surface area contributed by atoms with Crippen molar-refractivity contribution < 1.29 is 23.5 Å². The number of nitrogens with zero attached hydrogens (tertiary/aromatic N) is 2. The molecule has 0 aliphatic carbocycles. The number of aromatic carboxylic acids is 1. The Morgan fingerprint density at radius 1 is 1.08 bits per heavy atom. The maximum absolute atomic E-state index is 13.3. The first-order valence-electron chi connectivity index (χ1n) is 7.13. The van der Waals surface area contributed by atoms with E-state index in [0.29, 0.717) is 18.6 Å². The molecule has 126 valence electrons. The van der Waals surface area contributed by atoms with Gasteiger partial charge in [0.15, 0.2) is 0 Å². The smallest absolute Gasteiger partial charge is 0.335 e. The average molecular weight is 334 g/mol. The molecule has 0 unspecified atom stereocenters. The zero-order valence-corrected chi connectivity index (χ0v) is 12.9. The van der Waals surface area contributed by atoms with Crippen LogP contribution in [0.15, 0.2) is 42.5 Å². The zero-order chi connectivity index (χ0) is 17.7. The molecule has 0 aliphatic heterocycles. The molecule has 0 saturated heterocycles. The lowest BCUT2D eigenvalue weighted by atomic mass is 10.2. The van der Waals surface area contributed by atoms with Crippen LogP contribution in [-0.2, 0) is 4.79 Å². The Bertz CT molecular complexity index is 732. The van der Waals surface area contributed by atoms with Gasteiger partial charge in [-0.25, -0.2) is 13.6 Å². The number of amides is 1. The molecule has 2 aromatic rings. The molecule has 7 heteroatoms. The van der Waals surface area contributed by atoms with Gasteiger partial charge in [-0.15, -0.1) is 0 Å². The minimum atomic E-state index is -1.03. The van der Waals surface area contributed by atoms with E-state index in [2.05, 4.69) is 0 Å². The van der Waals surface area contributed by atoms with E-state index in [4.69, 9.17) is 5.11 Å². The number of carbonyl (C=O) groups excluding carboxylic acids is 1. The van der Waals surface area contributed by atoms with Crippen LogP contribution in [0.1, 0.15) is 10.4 Å². The van der Waals surface area contributed by atoms with Crippen molar-refractivity contribution in [2.45, 2.75) is 0 Å². The standard InChI is InChI=1S/C17H16F2N2O3/c1-20(15-4-2-3-12(7-15)17(23)24)5-6-21(11-22)16-9-13(18)8-14(19)10-16/h2-4,7-11H,5-6H2,1H3,(H,23,24). The first kappa shape index (κ1) is 17.4. The highest BCUT2D eigenvalue weighted by Crippen LogP contribution is 2.18. The van der Waals surface area contributed by atoms with E-state index >= 15 is 0 Å². The highest BCUT2D eigenvalue weighted by Gasteiger charge is 2.11. The molecular formula is C17H16F2N2O3. The molecule has 0 atom stereocenters. The molecule has 24 heavy (non-hydrogen) atoms. The minimum Gasteiger partial charge on any atom is -0.478 e. The van der Waals surface area contributed by atoms with Crippen molar-refractivity contribution in [2.24, 2.45) is 0 Å². The molecule has 2 rings (SSSR count). The van der Waals surface area contributed by atoms with Crippen molar-refractivity contribution in [1.29, 1.82) is 0 Å². The number of carbonyl (C=O) groups is 2. The van der Waals surface area contributed by atoms with Gasteiger partial charge in [-0.1, -0.05) is 6.07 Å². The monoisotopic (exact) mass is 334 g/mol. The van der Waals surface area contributed by atoms with E-state index in [0.717, 1.165) is 18.2 Å². The fourth-order valence-corrected chi connectivity index (χ4v) is 2.21. The van der Waals surface area contributed by atoms with E-state index in [-0.39, 0.29) is 17.8 Å². The predicted molar refractivity (Wildman–Crippen MR) is 86.4 cm³/mol. The Morgan fingerprint density at radius 2 is 1.75 bits per heavy atom. The summed E-state index contributed by atoms with van der Waals surface area (Å²) in [6.45, 7) is 0.528. The van der Waals surface area contributed by atoms with Crippen molar-refractivity contribution >= 4 is 23.8 Å². The summed E-state index contributed by atoms with van der Waals surface area (Å²) in [5.41, 5.74) is 0.931. The third kappa shape index (κ3) is 4.28. The molecule has 0 bridgehead atoms. The number of likely N-dealkylation sites (N-methyl/N-ethyl adjacent to an activating group) is 1. The van der Waals surface area contributed by atoms with Crippen LogP contribution in [0, 0.1) is 11.6 Å². The summed E-state index contributed by atoms with van der Waals surface area (Å²) in [6.07, 6.45) is 0.496. The van der Waals surface area contributed by atoms with Gasteiger partial charge in [0.05, 0.1) is 5.56 Å².